The summed E-state index contributed by atoms with van der Waals surface area (Å²) in [6.07, 6.45) is 1.79. The van der Waals surface area contributed by atoms with Crippen molar-refractivity contribution in [2.45, 2.75) is 45.6 Å². The lowest BCUT2D eigenvalue weighted by Crippen LogP contribution is -2.49. The lowest BCUT2D eigenvalue weighted by Gasteiger charge is -2.39. The Labute approximate surface area is 293 Å². The van der Waals surface area contributed by atoms with Crippen molar-refractivity contribution in [2.24, 2.45) is 11.3 Å². The van der Waals surface area contributed by atoms with E-state index < -0.39 is 42.1 Å². The molecule has 9 nitrogen and oxygen atoms in total. The Morgan fingerprint density at radius 3 is 1.71 bits per heavy atom. The number of phenols is 2. The predicted molar refractivity (Wildman–Crippen MR) is 186 cm³/mol. The number of carbonyl (C=O) groups excluding carboxylic acids is 3. The van der Waals surface area contributed by atoms with Gasteiger partial charge in [-0.05, 0) is 161 Å². The summed E-state index contributed by atoms with van der Waals surface area (Å²) >= 11 is 7.90. The number of hydrogen-bond donors (Lipinski definition) is 3. The first-order valence-electron chi connectivity index (χ1n) is 12.8. The molecule has 0 atom stereocenters. The van der Waals surface area contributed by atoms with Crippen molar-refractivity contribution in [3.8, 4) is 11.5 Å². The van der Waals surface area contributed by atoms with Crippen LogP contribution in [0.1, 0.15) is 60.7 Å². The molecule has 3 N–H and O–H groups in total. The van der Waals surface area contributed by atoms with Crippen molar-refractivity contribution in [1.82, 2.24) is 5.32 Å². The van der Waals surface area contributed by atoms with Crippen LogP contribution in [-0.2, 0) is 19.0 Å². The lowest BCUT2D eigenvalue weighted by molar-refractivity contribution is -0.181. The van der Waals surface area contributed by atoms with Crippen molar-refractivity contribution in [2.75, 3.05) is 26.3 Å². The molecule has 13 heteroatoms. The molecule has 2 aromatic carbocycles. The zero-order chi connectivity index (χ0) is 30.5. The van der Waals surface area contributed by atoms with E-state index in [4.69, 9.17) is 14.2 Å². The van der Waals surface area contributed by atoms with E-state index in [0.717, 1.165) is 33.1 Å². The van der Waals surface area contributed by atoms with Gasteiger partial charge in [0.25, 0.3) is 0 Å². The summed E-state index contributed by atoms with van der Waals surface area (Å²) < 4.78 is 19.7. The molecule has 0 radical (unpaired) electrons. The number of piperidine rings is 1. The highest BCUT2D eigenvalue weighted by molar-refractivity contribution is 14.1. The summed E-state index contributed by atoms with van der Waals surface area (Å²) in [5.41, 5.74) is -2.43. The maximum atomic E-state index is 13.9. The van der Waals surface area contributed by atoms with Gasteiger partial charge in [-0.3, -0.25) is 4.79 Å². The third kappa shape index (κ3) is 8.71. The van der Waals surface area contributed by atoms with Crippen LogP contribution >= 0.6 is 90.4 Å². The van der Waals surface area contributed by atoms with Crippen LogP contribution < -0.4 is 5.32 Å². The number of phenolic OH excluding ortho intramolecular Hbond substituents is 2. The Kier molecular flexibility index (Phi) is 12.6. The number of halogens is 4. The molecule has 0 aromatic heterocycles. The fourth-order valence-corrected chi connectivity index (χ4v) is 8.15. The van der Waals surface area contributed by atoms with E-state index in [0.29, 0.717) is 7.14 Å². The second-order valence-corrected chi connectivity index (χ2v) is 15.2. The minimum Gasteiger partial charge on any atom is -0.506 e. The minimum atomic E-state index is -1.54. The van der Waals surface area contributed by atoms with Crippen LogP contribution in [0.5, 0.6) is 11.5 Å². The van der Waals surface area contributed by atoms with Crippen molar-refractivity contribution >= 4 is 108 Å². The summed E-state index contributed by atoms with van der Waals surface area (Å²) in [5.74, 6) is -2.63. The molecular weight excluding hydrogens is 986 g/mol. The highest BCUT2D eigenvalue weighted by Crippen LogP contribution is 2.36. The molecule has 1 saturated heterocycles. The SMILES string of the molecule is CCC(COC(=O)c1cc(I)cc(I)c1O)(COC(=O)c1cc(I)cc(I)c1O)C(=O)OC(C)(C)C1CCNCC1. The molecule has 3 rings (SSSR count). The van der Waals surface area contributed by atoms with Crippen LogP contribution in [0.4, 0.5) is 0 Å². The Bertz CT molecular complexity index is 1240. The van der Waals surface area contributed by atoms with Crippen molar-refractivity contribution < 1.29 is 38.8 Å². The predicted octanol–water partition coefficient (Wildman–Crippen LogP) is 6.25. The van der Waals surface area contributed by atoms with Crippen LogP contribution in [0.15, 0.2) is 24.3 Å². The molecule has 0 aliphatic carbocycles. The highest BCUT2D eigenvalue weighted by atomic mass is 127. The molecule has 1 aliphatic rings. The summed E-state index contributed by atoms with van der Waals surface area (Å²) in [4.78, 5) is 40.0. The Hall–Kier alpha value is -0.670. The van der Waals surface area contributed by atoms with Gasteiger partial charge in [0.05, 0.1) is 7.14 Å². The molecule has 0 saturated carbocycles. The third-order valence-corrected chi connectivity index (χ3v) is 10.1. The molecular formula is C28H31I4NO8. The van der Waals surface area contributed by atoms with E-state index in [2.05, 4.69) is 5.32 Å². The van der Waals surface area contributed by atoms with Gasteiger partial charge in [-0.15, -0.1) is 0 Å². The van der Waals surface area contributed by atoms with Crippen LogP contribution in [0.3, 0.4) is 0 Å². The Morgan fingerprint density at radius 1 is 0.854 bits per heavy atom. The largest absolute Gasteiger partial charge is 0.506 e. The van der Waals surface area contributed by atoms with Crippen LogP contribution in [0.2, 0.25) is 0 Å². The van der Waals surface area contributed by atoms with E-state index in [1.807, 2.05) is 104 Å². The van der Waals surface area contributed by atoms with E-state index in [-0.39, 0.29) is 35.0 Å². The third-order valence-electron chi connectivity index (χ3n) is 7.24. The molecule has 0 unspecified atom stereocenters. The average molecular weight is 1020 g/mol. The van der Waals surface area contributed by atoms with Crippen LogP contribution in [-0.4, -0.2) is 60.0 Å². The standard InChI is InChI=1S/C28H31I4NO8/c1-4-28(26(38)41-27(2,3)15-5-7-33-8-6-15,13-39-24(36)18-9-16(29)11-20(31)22(18)34)14-40-25(37)19-10-17(30)12-21(32)23(19)35/h9-12,15,33-35H,4-8,13-14H2,1-3H3. The monoisotopic (exact) mass is 1020 g/mol. The van der Waals surface area contributed by atoms with E-state index >= 15 is 0 Å². The Balaban J connectivity index is 1.89. The van der Waals surface area contributed by atoms with Crippen molar-refractivity contribution in [3.05, 3.63) is 49.7 Å². The topological polar surface area (TPSA) is 131 Å². The second-order valence-electron chi connectivity index (χ2n) is 10.4. The number of aromatic hydroxyl groups is 2. The first-order valence-corrected chi connectivity index (χ1v) is 17.2. The van der Waals surface area contributed by atoms with E-state index in [9.17, 15) is 24.6 Å². The molecule has 1 aliphatic heterocycles. The van der Waals surface area contributed by atoms with E-state index in [1.54, 1.807) is 19.1 Å². The van der Waals surface area contributed by atoms with Crippen LogP contribution in [0.25, 0.3) is 0 Å². The van der Waals surface area contributed by atoms with Gasteiger partial charge in [0.15, 0.2) is 0 Å². The van der Waals surface area contributed by atoms with Gasteiger partial charge in [-0.2, -0.15) is 0 Å². The highest BCUT2D eigenvalue weighted by Gasteiger charge is 2.46. The summed E-state index contributed by atoms with van der Waals surface area (Å²) in [6.45, 7) is 6.17. The first kappa shape index (κ1) is 34.8. The van der Waals surface area contributed by atoms with E-state index in [1.165, 1.54) is 12.1 Å². The smallest absolute Gasteiger partial charge is 0.342 e. The number of esters is 3. The van der Waals surface area contributed by atoms with Gasteiger partial charge in [0, 0.05) is 13.1 Å². The molecule has 0 amide bonds. The second kappa shape index (κ2) is 14.9. The Morgan fingerprint density at radius 2 is 1.29 bits per heavy atom. The summed E-state index contributed by atoms with van der Waals surface area (Å²) in [5, 5.41) is 24.2. The molecule has 0 bridgehead atoms. The van der Waals surface area contributed by atoms with Gasteiger partial charge in [0.1, 0.15) is 46.9 Å². The number of hydrogen-bond acceptors (Lipinski definition) is 9. The van der Waals surface area contributed by atoms with Gasteiger partial charge in [-0.1, -0.05) is 6.92 Å². The van der Waals surface area contributed by atoms with Gasteiger partial charge < -0.3 is 29.7 Å². The number of benzene rings is 2. The quantitative estimate of drug-likeness (QED) is 0.144. The van der Waals surface area contributed by atoms with Gasteiger partial charge in [-0.25, -0.2) is 9.59 Å². The number of rotatable bonds is 10. The molecule has 224 valence electrons. The molecule has 0 spiro atoms. The fourth-order valence-electron chi connectivity index (χ4n) is 4.46. The summed E-state index contributed by atoms with van der Waals surface area (Å²) in [7, 11) is 0. The molecule has 1 heterocycles. The van der Waals surface area contributed by atoms with Gasteiger partial charge in [0.2, 0.25) is 0 Å². The van der Waals surface area contributed by atoms with Crippen molar-refractivity contribution in [1.29, 1.82) is 0 Å². The van der Waals surface area contributed by atoms with Crippen LogP contribution in [0, 0.1) is 25.6 Å². The fraction of sp³-hybridized carbons (Fsp3) is 0.464. The maximum Gasteiger partial charge on any atom is 0.342 e. The van der Waals surface area contributed by atoms with Gasteiger partial charge >= 0.3 is 17.9 Å². The maximum absolute atomic E-state index is 13.9. The lowest BCUT2D eigenvalue weighted by atomic mass is 9.82. The molecule has 41 heavy (non-hydrogen) atoms. The molecule has 2 aromatic rings. The normalized spacial score (nSPS) is 14.4. The first-order chi connectivity index (χ1) is 19.2. The van der Waals surface area contributed by atoms with Crippen molar-refractivity contribution in [3.63, 3.8) is 0 Å². The number of ether oxygens (including phenoxy) is 3. The number of carbonyl (C=O) groups is 3. The number of nitrogens with one attached hydrogen (secondary N) is 1. The average Bonchev–Trinajstić information content (AvgIpc) is 2.92. The zero-order valence-corrected chi connectivity index (χ0v) is 31.3. The molecule has 1 fully saturated rings. The minimum absolute atomic E-state index is 0.0370. The zero-order valence-electron chi connectivity index (χ0n) is 22.7. The summed E-state index contributed by atoms with van der Waals surface area (Å²) in [6, 6.07) is 6.41.